The van der Waals surface area contributed by atoms with Crippen LogP contribution in [0.2, 0.25) is 0 Å². The van der Waals surface area contributed by atoms with E-state index in [-0.39, 0.29) is 31.3 Å². The lowest BCUT2D eigenvalue weighted by atomic mass is 10.0. The molecule has 13 heteroatoms. The van der Waals surface area contributed by atoms with Gasteiger partial charge in [0.15, 0.2) is 6.10 Å². The predicted octanol–water partition coefficient (Wildman–Crippen LogP) is 3.27. The van der Waals surface area contributed by atoms with Crippen LogP contribution in [0, 0.1) is 5.82 Å². The van der Waals surface area contributed by atoms with Crippen molar-refractivity contribution >= 4 is 23.5 Å². The topological polar surface area (TPSA) is 124 Å². The SMILES string of the molecule is CC(CCC(=O)OC[C@@H]1CC(c2ccc(-c3ccc(N4C[C@H](Cn5ccnn5)OC4=O)cc3F)cn2)=NO1)N(C)C. The molecule has 0 N–H and O–H groups in total. The molecule has 1 unspecified atom stereocenters. The predicted molar refractivity (Wildman–Crippen MR) is 147 cm³/mol. The minimum absolute atomic E-state index is 0.115. The average molecular weight is 566 g/mol. The number of hydrogen-bond donors (Lipinski definition) is 0. The van der Waals surface area contributed by atoms with Crippen LogP contribution < -0.4 is 4.90 Å². The molecule has 3 atom stereocenters. The third kappa shape index (κ3) is 6.85. The molecule has 1 amide bonds. The number of amides is 1. The van der Waals surface area contributed by atoms with Crippen LogP contribution in [0.3, 0.4) is 0 Å². The van der Waals surface area contributed by atoms with Crippen molar-refractivity contribution in [2.45, 2.75) is 51.0 Å². The maximum Gasteiger partial charge on any atom is 0.414 e. The summed E-state index contributed by atoms with van der Waals surface area (Å²) in [4.78, 5) is 37.8. The molecule has 1 fully saturated rings. The molecule has 2 aliphatic heterocycles. The molecule has 3 aromatic rings. The Kier molecular flexibility index (Phi) is 8.53. The van der Waals surface area contributed by atoms with Gasteiger partial charge in [0.05, 0.1) is 30.7 Å². The number of halogens is 1. The van der Waals surface area contributed by atoms with Gasteiger partial charge in [-0.1, -0.05) is 16.4 Å². The minimum Gasteiger partial charge on any atom is -0.462 e. The Morgan fingerprint density at radius 3 is 2.80 bits per heavy atom. The number of nitrogens with zero attached hydrogens (tertiary/aromatic N) is 7. The first kappa shape index (κ1) is 28.1. The minimum atomic E-state index is -0.542. The van der Waals surface area contributed by atoms with E-state index in [2.05, 4.69) is 32.3 Å². The molecule has 0 radical (unpaired) electrons. The molecule has 2 aliphatic rings. The largest absolute Gasteiger partial charge is 0.462 e. The normalized spacial score (nSPS) is 19.2. The van der Waals surface area contributed by atoms with E-state index < -0.39 is 18.0 Å². The quantitative estimate of drug-likeness (QED) is 0.322. The molecule has 0 saturated carbocycles. The first-order chi connectivity index (χ1) is 19.8. The highest BCUT2D eigenvalue weighted by Gasteiger charge is 2.33. The Morgan fingerprint density at radius 2 is 2.10 bits per heavy atom. The van der Waals surface area contributed by atoms with Gasteiger partial charge in [0.25, 0.3) is 0 Å². The van der Waals surface area contributed by atoms with Crippen molar-refractivity contribution in [2.75, 3.05) is 32.1 Å². The summed E-state index contributed by atoms with van der Waals surface area (Å²) in [6.07, 6.45) is 4.96. The summed E-state index contributed by atoms with van der Waals surface area (Å²) >= 11 is 0. The fraction of sp³-hybridized carbons (Fsp3) is 0.429. The number of esters is 1. The lowest BCUT2D eigenvalue weighted by Gasteiger charge is -2.19. The lowest BCUT2D eigenvalue weighted by Crippen LogP contribution is -2.26. The van der Waals surface area contributed by atoms with Crippen molar-refractivity contribution in [1.29, 1.82) is 0 Å². The van der Waals surface area contributed by atoms with E-state index in [1.54, 1.807) is 47.5 Å². The van der Waals surface area contributed by atoms with E-state index in [4.69, 9.17) is 14.3 Å². The summed E-state index contributed by atoms with van der Waals surface area (Å²) in [6, 6.07) is 8.38. The highest BCUT2D eigenvalue weighted by molar-refractivity contribution is 5.99. The van der Waals surface area contributed by atoms with Crippen molar-refractivity contribution in [2.24, 2.45) is 5.16 Å². The molecule has 4 heterocycles. The first-order valence-electron chi connectivity index (χ1n) is 13.4. The Labute approximate surface area is 236 Å². The fourth-order valence-corrected chi connectivity index (χ4v) is 4.51. The third-order valence-corrected chi connectivity index (χ3v) is 7.18. The van der Waals surface area contributed by atoms with Crippen LogP contribution in [0.15, 0.2) is 54.1 Å². The van der Waals surface area contributed by atoms with Gasteiger partial charge >= 0.3 is 12.1 Å². The summed E-state index contributed by atoms with van der Waals surface area (Å²) < 4.78 is 27.5. The number of benzene rings is 1. The van der Waals surface area contributed by atoms with Gasteiger partial charge in [-0.05, 0) is 51.7 Å². The van der Waals surface area contributed by atoms with Gasteiger partial charge in [-0.3, -0.25) is 14.7 Å². The number of aromatic nitrogens is 4. The van der Waals surface area contributed by atoms with E-state index in [0.717, 1.165) is 6.42 Å². The number of carbonyl (C=O) groups excluding carboxylic acids is 2. The molecule has 1 saturated heterocycles. The summed E-state index contributed by atoms with van der Waals surface area (Å²) in [5, 5.41) is 11.7. The maximum atomic E-state index is 15.1. The number of cyclic esters (lactones) is 1. The van der Waals surface area contributed by atoms with Gasteiger partial charge in [0.1, 0.15) is 24.2 Å². The second-order valence-electron chi connectivity index (χ2n) is 10.3. The van der Waals surface area contributed by atoms with Crippen LogP contribution in [0.5, 0.6) is 0 Å². The van der Waals surface area contributed by atoms with Crippen molar-refractivity contribution in [1.82, 2.24) is 24.9 Å². The van der Waals surface area contributed by atoms with Crippen molar-refractivity contribution in [3.8, 4) is 11.1 Å². The second-order valence-corrected chi connectivity index (χ2v) is 10.3. The highest BCUT2D eigenvalue weighted by atomic mass is 19.1. The zero-order chi connectivity index (χ0) is 28.9. The molecule has 12 nitrogen and oxygen atoms in total. The molecular formula is C28H32FN7O5. The van der Waals surface area contributed by atoms with Gasteiger partial charge in [-0.2, -0.15) is 0 Å². The molecule has 2 aromatic heterocycles. The van der Waals surface area contributed by atoms with Crippen LogP contribution in [0.1, 0.15) is 31.9 Å². The van der Waals surface area contributed by atoms with Crippen molar-refractivity contribution in [3.05, 3.63) is 60.4 Å². The molecule has 41 heavy (non-hydrogen) atoms. The highest BCUT2D eigenvalue weighted by Crippen LogP contribution is 2.29. The van der Waals surface area contributed by atoms with Crippen LogP contribution in [0.4, 0.5) is 14.9 Å². The van der Waals surface area contributed by atoms with E-state index in [1.165, 1.54) is 11.0 Å². The number of ether oxygens (including phenoxy) is 2. The first-order valence-corrected chi connectivity index (χ1v) is 13.4. The van der Waals surface area contributed by atoms with Crippen LogP contribution in [-0.4, -0.2) is 88.1 Å². The average Bonchev–Trinajstić information content (AvgIpc) is 3.73. The maximum absolute atomic E-state index is 15.1. The molecule has 5 rings (SSSR count). The Morgan fingerprint density at radius 1 is 1.24 bits per heavy atom. The Hall–Kier alpha value is -4.39. The molecule has 0 bridgehead atoms. The van der Waals surface area contributed by atoms with Gasteiger partial charge in [-0.15, -0.1) is 5.10 Å². The van der Waals surface area contributed by atoms with Crippen molar-refractivity contribution in [3.63, 3.8) is 0 Å². The monoisotopic (exact) mass is 565 g/mol. The number of anilines is 1. The lowest BCUT2D eigenvalue weighted by molar-refractivity contribution is -0.147. The van der Waals surface area contributed by atoms with Crippen molar-refractivity contribution < 1.29 is 28.3 Å². The van der Waals surface area contributed by atoms with E-state index in [0.29, 0.717) is 47.6 Å². The summed E-state index contributed by atoms with van der Waals surface area (Å²) in [5.74, 6) is -0.757. The van der Waals surface area contributed by atoms with Crippen LogP contribution in [0.25, 0.3) is 11.1 Å². The number of rotatable bonds is 11. The van der Waals surface area contributed by atoms with Gasteiger partial charge < -0.3 is 19.2 Å². The standard InChI is InChI=1S/C28H32FN7O5/c1-18(34(2)3)4-9-27(37)39-17-21-13-26(32-41-21)25-8-5-19(14-30-25)23-7-6-20(12-24(23)29)36-16-22(40-28(36)38)15-35-11-10-31-33-35/h5-8,10-12,14,18,21-22H,4,9,13,15-17H2,1-3H3/t18?,21-,22-/m0/s1. The van der Waals surface area contributed by atoms with Gasteiger partial charge in [0.2, 0.25) is 0 Å². The molecule has 0 spiro atoms. The van der Waals surface area contributed by atoms with E-state index in [9.17, 15) is 9.59 Å². The summed E-state index contributed by atoms with van der Waals surface area (Å²) in [5.41, 5.74) is 2.54. The van der Waals surface area contributed by atoms with Gasteiger partial charge in [-0.25, -0.2) is 13.9 Å². The van der Waals surface area contributed by atoms with Gasteiger partial charge in [0, 0.05) is 42.4 Å². The van der Waals surface area contributed by atoms with Crippen LogP contribution >= 0.6 is 0 Å². The number of oxime groups is 1. The smallest absolute Gasteiger partial charge is 0.414 e. The summed E-state index contributed by atoms with van der Waals surface area (Å²) in [6.45, 7) is 2.80. The second kappa shape index (κ2) is 12.4. The number of carbonyl (C=O) groups is 2. The third-order valence-electron chi connectivity index (χ3n) is 7.18. The fourth-order valence-electron chi connectivity index (χ4n) is 4.51. The zero-order valence-electron chi connectivity index (χ0n) is 23.1. The molecular weight excluding hydrogens is 533 g/mol. The Bertz CT molecular complexity index is 1400. The van der Waals surface area contributed by atoms with E-state index >= 15 is 4.39 Å². The van der Waals surface area contributed by atoms with E-state index in [1.807, 2.05) is 14.1 Å². The molecule has 216 valence electrons. The summed E-state index contributed by atoms with van der Waals surface area (Å²) in [7, 11) is 3.95. The molecule has 1 aromatic carbocycles. The van der Waals surface area contributed by atoms with Crippen LogP contribution in [-0.2, 0) is 25.7 Å². The molecule has 0 aliphatic carbocycles. The zero-order valence-corrected chi connectivity index (χ0v) is 23.1. The number of hydrogen-bond acceptors (Lipinski definition) is 10. The Balaban J connectivity index is 1.14. The number of pyridine rings is 1.